The minimum absolute atomic E-state index is 0.0246. The maximum Gasteiger partial charge on any atom is 0.294 e. The van der Waals surface area contributed by atoms with Gasteiger partial charge in [-0.05, 0) is 23.4 Å². The third-order valence-electron chi connectivity index (χ3n) is 2.22. The van der Waals surface area contributed by atoms with Gasteiger partial charge < -0.3 is 0 Å². The van der Waals surface area contributed by atoms with Gasteiger partial charge in [0, 0.05) is 0 Å². The predicted molar refractivity (Wildman–Crippen MR) is 68.0 cm³/mol. The number of benzene rings is 1. The second kappa shape index (κ2) is 4.89. The van der Waals surface area contributed by atoms with Crippen molar-refractivity contribution in [2.24, 2.45) is 0 Å². The second-order valence-corrected chi connectivity index (χ2v) is 4.38. The van der Waals surface area contributed by atoms with Gasteiger partial charge >= 0.3 is 0 Å². The van der Waals surface area contributed by atoms with Crippen LogP contribution in [0.5, 0.6) is 0 Å². The summed E-state index contributed by atoms with van der Waals surface area (Å²) >= 11 is 0.920. The number of nitrogens with zero attached hydrogens (tertiary/aromatic N) is 1. The van der Waals surface area contributed by atoms with E-state index >= 15 is 0 Å². The third-order valence-corrected chi connectivity index (χ3v) is 3.13. The van der Waals surface area contributed by atoms with Crippen LogP contribution in [0, 0.1) is 12.3 Å². The molecule has 0 radical (unpaired) electrons. The molecule has 1 heterocycles. The van der Waals surface area contributed by atoms with E-state index in [0.29, 0.717) is 4.91 Å². The lowest BCUT2D eigenvalue weighted by molar-refractivity contribution is -0.122. The summed E-state index contributed by atoms with van der Waals surface area (Å²) in [6, 6.07) is 9.38. The summed E-state index contributed by atoms with van der Waals surface area (Å²) in [5.74, 6) is 1.98. The van der Waals surface area contributed by atoms with Gasteiger partial charge in [-0.1, -0.05) is 36.3 Å². The highest BCUT2D eigenvalue weighted by molar-refractivity contribution is 8.18. The molecule has 84 valence electrons. The molecule has 0 unspecified atom stereocenters. The standard InChI is InChI=1S/C13H9NO2S/c1-2-8-14-12(15)11(17-13(14)16)9-10-6-4-3-5-7-10/h1,3-7,9H,8H2/b11-9+. The Bertz CT molecular complexity index is 528. The molecule has 2 rings (SSSR count). The Labute approximate surface area is 103 Å². The van der Waals surface area contributed by atoms with Crippen LogP contribution in [0.15, 0.2) is 35.2 Å². The van der Waals surface area contributed by atoms with Crippen LogP contribution in [0.3, 0.4) is 0 Å². The monoisotopic (exact) mass is 243 g/mol. The number of carbonyl (C=O) groups is 2. The molecule has 2 amide bonds. The van der Waals surface area contributed by atoms with Crippen molar-refractivity contribution in [2.75, 3.05) is 6.54 Å². The van der Waals surface area contributed by atoms with E-state index in [9.17, 15) is 9.59 Å². The van der Waals surface area contributed by atoms with Crippen molar-refractivity contribution < 1.29 is 9.59 Å². The summed E-state index contributed by atoms with van der Waals surface area (Å²) in [5, 5.41) is -0.310. The van der Waals surface area contributed by atoms with E-state index in [1.54, 1.807) is 6.08 Å². The number of hydrogen-bond donors (Lipinski definition) is 0. The van der Waals surface area contributed by atoms with E-state index in [1.807, 2.05) is 30.3 Å². The SMILES string of the molecule is C#CCN1C(=O)S/C(=C/c2ccccc2)C1=O. The van der Waals surface area contributed by atoms with E-state index < -0.39 is 0 Å². The first kappa shape index (κ1) is 11.5. The fourth-order valence-electron chi connectivity index (χ4n) is 1.43. The highest BCUT2D eigenvalue weighted by Crippen LogP contribution is 2.31. The number of carbonyl (C=O) groups excluding carboxylic acids is 2. The van der Waals surface area contributed by atoms with Crippen LogP contribution in [0.4, 0.5) is 4.79 Å². The van der Waals surface area contributed by atoms with Crippen LogP contribution in [0.25, 0.3) is 6.08 Å². The van der Waals surface area contributed by atoms with E-state index in [2.05, 4.69) is 5.92 Å². The smallest absolute Gasteiger partial charge is 0.268 e. The Kier molecular flexibility index (Phi) is 3.31. The van der Waals surface area contributed by atoms with E-state index in [4.69, 9.17) is 6.42 Å². The molecule has 0 atom stereocenters. The van der Waals surface area contributed by atoms with Crippen molar-refractivity contribution in [2.45, 2.75) is 0 Å². The van der Waals surface area contributed by atoms with E-state index in [-0.39, 0.29) is 17.7 Å². The lowest BCUT2D eigenvalue weighted by atomic mass is 10.2. The molecule has 0 bridgehead atoms. The fourth-order valence-corrected chi connectivity index (χ4v) is 2.27. The Morgan fingerprint density at radius 3 is 2.65 bits per heavy atom. The lowest BCUT2D eigenvalue weighted by Gasteiger charge is -2.06. The van der Waals surface area contributed by atoms with Crippen LogP contribution in [0.2, 0.25) is 0 Å². The van der Waals surface area contributed by atoms with Gasteiger partial charge in [0.1, 0.15) is 0 Å². The number of imide groups is 1. The summed E-state index contributed by atoms with van der Waals surface area (Å²) < 4.78 is 0. The molecule has 1 fully saturated rings. The van der Waals surface area contributed by atoms with Crippen LogP contribution in [0.1, 0.15) is 5.56 Å². The molecule has 3 nitrogen and oxygen atoms in total. The molecule has 0 aromatic heterocycles. The maximum atomic E-state index is 11.8. The van der Waals surface area contributed by atoms with Crippen LogP contribution < -0.4 is 0 Å². The van der Waals surface area contributed by atoms with Crippen molar-refractivity contribution in [3.05, 3.63) is 40.8 Å². The first-order valence-electron chi connectivity index (χ1n) is 4.96. The molecule has 0 aliphatic carbocycles. The van der Waals surface area contributed by atoms with E-state index in [0.717, 1.165) is 22.2 Å². The number of amides is 2. The van der Waals surface area contributed by atoms with Crippen molar-refractivity contribution in [1.29, 1.82) is 0 Å². The maximum absolute atomic E-state index is 11.8. The van der Waals surface area contributed by atoms with Gasteiger partial charge in [-0.2, -0.15) is 0 Å². The minimum Gasteiger partial charge on any atom is -0.268 e. The largest absolute Gasteiger partial charge is 0.294 e. The zero-order valence-electron chi connectivity index (χ0n) is 8.92. The van der Waals surface area contributed by atoms with Gasteiger partial charge in [-0.15, -0.1) is 6.42 Å². The molecule has 0 spiro atoms. The number of rotatable bonds is 2. The normalized spacial score (nSPS) is 17.6. The molecule has 1 aliphatic heterocycles. The van der Waals surface area contributed by atoms with Crippen molar-refractivity contribution in [3.63, 3.8) is 0 Å². The summed E-state index contributed by atoms with van der Waals surface area (Å²) in [7, 11) is 0. The third kappa shape index (κ3) is 2.40. The number of hydrogen-bond acceptors (Lipinski definition) is 3. The molecule has 1 aromatic carbocycles. The summed E-state index contributed by atoms with van der Waals surface area (Å²) in [4.78, 5) is 24.8. The molecule has 1 aromatic rings. The second-order valence-electron chi connectivity index (χ2n) is 3.38. The van der Waals surface area contributed by atoms with Gasteiger partial charge in [0.05, 0.1) is 11.4 Å². The molecule has 0 N–H and O–H groups in total. The first-order valence-corrected chi connectivity index (χ1v) is 5.78. The molecule has 4 heteroatoms. The highest BCUT2D eigenvalue weighted by atomic mass is 32.2. The summed E-state index contributed by atoms with van der Waals surface area (Å²) in [6.45, 7) is 0.0246. The van der Waals surface area contributed by atoms with Gasteiger partial charge in [-0.25, -0.2) is 0 Å². The fraction of sp³-hybridized carbons (Fsp3) is 0.0769. The first-order chi connectivity index (χ1) is 8.22. The average molecular weight is 243 g/mol. The van der Waals surface area contributed by atoms with E-state index in [1.165, 1.54) is 0 Å². The van der Waals surface area contributed by atoms with Crippen molar-refractivity contribution in [3.8, 4) is 12.3 Å². The quantitative estimate of drug-likeness (QED) is 0.591. The Hall–Kier alpha value is -1.99. The Morgan fingerprint density at radius 1 is 1.29 bits per heavy atom. The van der Waals surface area contributed by atoms with Gasteiger partial charge in [0.25, 0.3) is 11.1 Å². The predicted octanol–water partition coefficient (Wildman–Crippen LogP) is 2.36. The zero-order valence-corrected chi connectivity index (χ0v) is 9.74. The van der Waals surface area contributed by atoms with Crippen LogP contribution in [-0.2, 0) is 4.79 Å². The summed E-state index contributed by atoms with van der Waals surface area (Å²) in [6.07, 6.45) is 6.80. The molecule has 0 saturated carbocycles. The Morgan fingerprint density at radius 2 is 2.00 bits per heavy atom. The summed E-state index contributed by atoms with van der Waals surface area (Å²) in [5.41, 5.74) is 0.888. The number of terminal acetylenes is 1. The lowest BCUT2D eigenvalue weighted by Crippen LogP contribution is -2.28. The van der Waals surface area contributed by atoms with Crippen LogP contribution in [-0.4, -0.2) is 22.6 Å². The zero-order chi connectivity index (χ0) is 12.3. The average Bonchev–Trinajstić information content (AvgIpc) is 2.59. The molecule has 1 aliphatic rings. The van der Waals surface area contributed by atoms with Crippen LogP contribution >= 0.6 is 11.8 Å². The number of thioether (sulfide) groups is 1. The molecule has 1 saturated heterocycles. The Balaban J connectivity index is 2.26. The van der Waals surface area contributed by atoms with Gasteiger partial charge in [0.2, 0.25) is 0 Å². The molecular weight excluding hydrogens is 234 g/mol. The molecule has 17 heavy (non-hydrogen) atoms. The topological polar surface area (TPSA) is 37.4 Å². The van der Waals surface area contributed by atoms with Gasteiger partial charge in [0.15, 0.2) is 0 Å². The van der Waals surface area contributed by atoms with Gasteiger partial charge in [-0.3, -0.25) is 14.5 Å². The molecular formula is C13H9NO2S. The minimum atomic E-state index is -0.318. The van der Waals surface area contributed by atoms with Crippen molar-refractivity contribution in [1.82, 2.24) is 4.90 Å². The highest BCUT2D eigenvalue weighted by Gasteiger charge is 2.34. The van der Waals surface area contributed by atoms with Crippen molar-refractivity contribution >= 4 is 29.0 Å².